The predicted octanol–water partition coefficient (Wildman–Crippen LogP) is 2.25. The number of ether oxygens (including phenoxy) is 1. The largest absolute Gasteiger partial charge is 0.469 e. The minimum absolute atomic E-state index is 0.0751. The van der Waals surface area contributed by atoms with Gasteiger partial charge in [0.15, 0.2) is 0 Å². The molecule has 1 aromatic rings. The summed E-state index contributed by atoms with van der Waals surface area (Å²) in [5.41, 5.74) is 0.972. The quantitative estimate of drug-likeness (QED) is 0.770. The lowest BCUT2D eigenvalue weighted by molar-refractivity contribution is -0.141. The van der Waals surface area contributed by atoms with E-state index in [4.69, 9.17) is 11.6 Å². The van der Waals surface area contributed by atoms with E-state index in [1.165, 1.54) is 14.0 Å². The molecule has 0 bridgehead atoms. The number of hydrogen-bond acceptors (Lipinski definition) is 3. The Balaban J connectivity index is 2.60. The van der Waals surface area contributed by atoms with Crippen molar-refractivity contribution in [3.8, 4) is 0 Å². The van der Waals surface area contributed by atoms with Crippen molar-refractivity contribution in [1.29, 1.82) is 0 Å². The second-order valence-electron chi connectivity index (χ2n) is 3.89. The van der Waals surface area contributed by atoms with Gasteiger partial charge in [0.2, 0.25) is 5.91 Å². The number of rotatable bonds is 5. The molecule has 0 aromatic heterocycles. The van der Waals surface area contributed by atoms with Crippen molar-refractivity contribution in [2.75, 3.05) is 13.7 Å². The van der Waals surface area contributed by atoms with Crippen LogP contribution in [0.15, 0.2) is 24.3 Å². The Kier molecular flexibility index (Phi) is 5.65. The normalized spacial score (nSPS) is 9.94. The van der Waals surface area contributed by atoms with E-state index in [0.717, 1.165) is 5.56 Å². The van der Waals surface area contributed by atoms with Gasteiger partial charge < -0.3 is 9.64 Å². The third-order valence-electron chi connectivity index (χ3n) is 2.55. The molecule has 0 spiro atoms. The number of amides is 1. The molecule has 0 fully saturated rings. The summed E-state index contributed by atoms with van der Waals surface area (Å²) in [6.45, 7) is 2.29. The second kappa shape index (κ2) is 7.01. The van der Waals surface area contributed by atoms with E-state index in [2.05, 4.69) is 4.74 Å². The molecule has 4 nitrogen and oxygen atoms in total. The average Bonchev–Trinajstić information content (AvgIpc) is 2.35. The van der Waals surface area contributed by atoms with Crippen LogP contribution in [-0.4, -0.2) is 30.4 Å². The van der Waals surface area contributed by atoms with Gasteiger partial charge in [-0.2, -0.15) is 0 Å². The summed E-state index contributed by atoms with van der Waals surface area (Å²) in [5, 5.41) is 0.655. The summed E-state index contributed by atoms with van der Waals surface area (Å²) >= 11 is 5.79. The van der Waals surface area contributed by atoms with Gasteiger partial charge in [-0.25, -0.2) is 0 Å². The Hall–Kier alpha value is -1.55. The molecule has 0 N–H and O–H groups in total. The van der Waals surface area contributed by atoms with Crippen LogP contribution in [0.25, 0.3) is 0 Å². The molecule has 0 saturated heterocycles. The van der Waals surface area contributed by atoms with Crippen LogP contribution in [-0.2, 0) is 20.9 Å². The van der Waals surface area contributed by atoms with Crippen molar-refractivity contribution in [2.24, 2.45) is 0 Å². The van der Waals surface area contributed by atoms with Gasteiger partial charge in [0, 0.05) is 25.0 Å². The fourth-order valence-electron chi connectivity index (χ4n) is 1.49. The summed E-state index contributed by atoms with van der Waals surface area (Å²) in [4.78, 5) is 24.1. The molecule has 0 aliphatic heterocycles. The summed E-state index contributed by atoms with van der Waals surface area (Å²) in [6, 6.07) is 7.26. The second-order valence-corrected chi connectivity index (χ2v) is 4.33. The number of methoxy groups -OCH3 is 1. The maximum Gasteiger partial charge on any atom is 0.307 e. The van der Waals surface area contributed by atoms with Crippen LogP contribution in [0.1, 0.15) is 18.9 Å². The lowest BCUT2D eigenvalue weighted by atomic mass is 10.2. The molecule has 0 atom stereocenters. The van der Waals surface area contributed by atoms with Crippen molar-refractivity contribution in [3.63, 3.8) is 0 Å². The molecule has 1 rings (SSSR count). The summed E-state index contributed by atoms with van der Waals surface area (Å²) in [7, 11) is 1.33. The fraction of sp³-hybridized carbons (Fsp3) is 0.385. The van der Waals surface area contributed by atoms with Crippen molar-refractivity contribution in [2.45, 2.75) is 19.9 Å². The van der Waals surface area contributed by atoms with Crippen molar-refractivity contribution >= 4 is 23.5 Å². The Morgan fingerprint density at radius 1 is 1.28 bits per heavy atom. The highest BCUT2D eigenvalue weighted by atomic mass is 35.5. The molecule has 0 radical (unpaired) electrons. The van der Waals surface area contributed by atoms with Crippen LogP contribution in [0.5, 0.6) is 0 Å². The zero-order valence-electron chi connectivity index (χ0n) is 10.5. The molecular weight excluding hydrogens is 254 g/mol. The van der Waals surface area contributed by atoms with Gasteiger partial charge in [-0.05, 0) is 17.7 Å². The third kappa shape index (κ3) is 4.75. The average molecular weight is 270 g/mol. The standard InChI is InChI=1S/C13H16ClNO3/c1-10(16)15(8-7-13(17)18-2)9-11-3-5-12(14)6-4-11/h3-6H,7-9H2,1-2H3. The zero-order chi connectivity index (χ0) is 13.5. The SMILES string of the molecule is COC(=O)CCN(Cc1ccc(Cl)cc1)C(C)=O. The molecule has 0 unspecified atom stereocenters. The van der Waals surface area contributed by atoms with E-state index < -0.39 is 0 Å². The van der Waals surface area contributed by atoms with Gasteiger partial charge in [-0.1, -0.05) is 23.7 Å². The summed E-state index contributed by atoms with van der Waals surface area (Å²) in [6.07, 6.45) is 0.198. The van der Waals surface area contributed by atoms with E-state index in [0.29, 0.717) is 18.1 Å². The Labute approximate surface area is 111 Å². The number of carbonyl (C=O) groups is 2. The van der Waals surface area contributed by atoms with Gasteiger partial charge in [0.05, 0.1) is 13.5 Å². The van der Waals surface area contributed by atoms with Crippen LogP contribution in [0.3, 0.4) is 0 Å². The summed E-state index contributed by atoms with van der Waals surface area (Å²) in [5.74, 6) is -0.397. The number of benzene rings is 1. The molecular formula is C13H16ClNO3. The maximum absolute atomic E-state index is 11.5. The van der Waals surface area contributed by atoms with Gasteiger partial charge >= 0.3 is 5.97 Å². The van der Waals surface area contributed by atoms with Crippen molar-refractivity contribution in [3.05, 3.63) is 34.9 Å². The van der Waals surface area contributed by atoms with Gasteiger partial charge in [0.25, 0.3) is 0 Å². The minimum atomic E-state index is -0.322. The Morgan fingerprint density at radius 2 is 1.89 bits per heavy atom. The topological polar surface area (TPSA) is 46.6 Å². The Morgan fingerprint density at radius 3 is 2.39 bits per heavy atom. The van der Waals surface area contributed by atoms with Crippen molar-refractivity contribution < 1.29 is 14.3 Å². The Bertz CT molecular complexity index is 417. The predicted molar refractivity (Wildman–Crippen MR) is 69.2 cm³/mol. The lowest BCUT2D eigenvalue weighted by Gasteiger charge is -2.20. The van der Waals surface area contributed by atoms with Crippen LogP contribution in [0, 0.1) is 0 Å². The fourth-order valence-corrected chi connectivity index (χ4v) is 1.61. The van der Waals surface area contributed by atoms with Gasteiger partial charge in [0.1, 0.15) is 0 Å². The van der Waals surface area contributed by atoms with E-state index in [1.807, 2.05) is 12.1 Å². The molecule has 18 heavy (non-hydrogen) atoms. The minimum Gasteiger partial charge on any atom is -0.469 e. The van der Waals surface area contributed by atoms with E-state index in [1.54, 1.807) is 17.0 Å². The molecule has 0 saturated carbocycles. The first kappa shape index (κ1) is 14.5. The highest BCUT2D eigenvalue weighted by Crippen LogP contribution is 2.12. The highest BCUT2D eigenvalue weighted by Gasteiger charge is 2.11. The van der Waals surface area contributed by atoms with E-state index >= 15 is 0 Å². The molecule has 0 aliphatic rings. The van der Waals surface area contributed by atoms with Gasteiger partial charge in [-0.3, -0.25) is 9.59 Å². The smallest absolute Gasteiger partial charge is 0.307 e. The van der Waals surface area contributed by atoms with Crippen LogP contribution >= 0.6 is 11.6 Å². The van der Waals surface area contributed by atoms with E-state index in [-0.39, 0.29) is 18.3 Å². The number of carbonyl (C=O) groups excluding carboxylic acids is 2. The number of nitrogens with zero attached hydrogens (tertiary/aromatic N) is 1. The number of esters is 1. The number of halogens is 1. The first-order valence-corrected chi connectivity index (χ1v) is 5.97. The van der Waals surface area contributed by atoms with Crippen molar-refractivity contribution in [1.82, 2.24) is 4.90 Å². The molecule has 0 aliphatic carbocycles. The molecule has 1 aromatic carbocycles. The highest BCUT2D eigenvalue weighted by molar-refractivity contribution is 6.30. The van der Waals surface area contributed by atoms with E-state index in [9.17, 15) is 9.59 Å². The van der Waals surface area contributed by atoms with Crippen LogP contribution in [0.4, 0.5) is 0 Å². The third-order valence-corrected chi connectivity index (χ3v) is 2.80. The molecule has 1 amide bonds. The monoisotopic (exact) mass is 269 g/mol. The van der Waals surface area contributed by atoms with Gasteiger partial charge in [-0.15, -0.1) is 0 Å². The molecule has 5 heteroatoms. The van der Waals surface area contributed by atoms with Crippen LogP contribution < -0.4 is 0 Å². The lowest BCUT2D eigenvalue weighted by Crippen LogP contribution is -2.30. The summed E-state index contributed by atoms with van der Waals surface area (Å²) < 4.78 is 4.55. The van der Waals surface area contributed by atoms with Crippen LogP contribution in [0.2, 0.25) is 5.02 Å². The molecule has 98 valence electrons. The maximum atomic E-state index is 11.5. The molecule has 0 heterocycles. The number of hydrogen-bond donors (Lipinski definition) is 0. The first-order valence-electron chi connectivity index (χ1n) is 5.59. The first-order chi connectivity index (χ1) is 8.52. The zero-order valence-corrected chi connectivity index (χ0v) is 11.2.